The zero-order valence-electron chi connectivity index (χ0n) is 16.8. The first kappa shape index (κ1) is 19.2. The molecule has 2 aliphatic heterocycles. The lowest BCUT2D eigenvalue weighted by molar-refractivity contribution is -0.133. The summed E-state index contributed by atoms with van der Waals surface area (Å²) in [5, 5.41) is 0. The summed E-state index contributed by atoms with van der Waals surface area (Å²) in [5.41, 5.74) is 2.02. The number of nitrogens with zero attached hydrogens (tertiary/aromatic N) is 4. The molecule has 6 nitrogen and oxygen atoms in total. The van der Waals surface area contributed by atoms with Gasteiger partial charge in [-0.3, -0.25) is 14.6 Å². The van der Waals surface area contributed by atoms with E-state index in [0.717, 1.165) is 75.7 Å². The number of hydrogen-bond acceptors (Lipinski definition) is 5. The summed E-state index contributed by atoms with van der Waals surface area (Å²) in [5.74, 6) is 1.88. The minimum Gasteiger partial charge on any atom is -0.441 e. The lowest BCUT2D eigenvalue weighted by atomic mass is 10.1. The summed E-state index contributed by atoms with van der Waals surface area (Å²) >= 11 is 0. The van der Waals surface area contributed by atoms with Crippen LogP contribution < -0.4 is 0 Å². The first-order chi connectivity index (χ1) is 13.7. The molecule has 0 atom stereocenters. The van der Waals surface area contributed by atoms with E-state index in [1.165, 1.54) is 6.42 Å². The van der Waals surface area contributed by atoms with E-state index in [1.807, 2.05) is 42.2 Å². The third-order valence-electron chi connectivity index (χ3n) is 5.82. The molecular formula is C22H30N4O2. The van der Waals surface area contributed by atoms with Crippen LogP contribution >= 0.6 is 0 Å². The van der Waals surface area contributed by atoms with Crippen LogP contribution in [0.2, 0.25) is 0 Å². The third-order valence-corrected chi connectivity index (χ3v) is 5.82. The van der Waals surface area contributed by atoms with E-state index in [2.05, 4.69) is 9.80 Å². The molecule has 0 unspecified atom stereocenters. The van der Waals surface area contributed by atoms with Gasteiger partial charge in [0.2, 0.25) is 11.8 Å². The number of aryl methyl sites for hydroxylation is 1. The van der Waals surface area contributed by atoms with Crippen molar-refractivity contribution < 1.29 is 9.21 Å². The molecule has 4 rings (SSSR count). The lowest BCUT2D eigenvalue weighted by Crippen LogP contribution is -2.50. The number of amides is 1. The summed E-state index contributed by atoms with van der Waals surface area (Å²) < 4.78 is 5.88. The van der Waals surface area contributed by atoms with Crippen LogP contribution in [-0.4, -0.2) is 71.4 Å². The highest BCUT2D eigenvalue weighted by atomic mass is 16.4. The van der Waals surface area contributed by atoms with Crippen LogP contribution in [0.15, 0.2) is 34.7 Å². The molecule has 1 aromatic carbocycles. The molecule has 2 aromatic rings. The Bertz CT molecular complexity index is 775. The van der Waals surface area contributed by atoms with E-state index in [1.54, 1.807) is 0 Å². The van der Waals surface area contributed by atoms with Crippen LogP contribution in [0.3, 0.4) is 0 Å². The quantitative estimate of drug-likeness (QED) is 0.796. The van der Waals surface area contributed by atoms with E-state index in [4.69, 9.17) is 9.40 Å². The lowest BCUT2D eigenvalue weighted by Gasteiger charge is -2.35. The number of oxazole rings is 1. The molecule has 0 N–H and O–H groups in total. The molecule has 0 saturated carbocycles. The molecule has 0 spiro atoms. The SMILES string of the molecule is Cc1oc(-c2ccccc2)nc1CN1CCN(CC(=O)N2CCCCC2)CC1. The fourth-order valence-corrected chi connectivity index (χ4v) is 4.03. The van der Waals surface area contributed by atoms with Gasteiger partial charge >= 0.3 is 0 Å². The van der Waals surface area contributed by atoms with Gasteiger partial charge in [0.1, 0.15) is 5.76 Å². The van der Waals surface area contributed by atoms with Crippen LogP contribution in [0.4, 0.5) is 0 Å². The van der Waals surface area contributed by atoms with Crippen molar-refractivity contribution in [3.8, 4) is 11.5 Å². The van der Waals surface area contributed by atoms with Crippen molar-refractivity contribution >= 4 is 5.91 Å². The van der Waals surface area contributed by atoms with Crippen molar-refractivity contribution in [1.29, 1.82) is 0 Å². The van der Waals surface area contributed by atoms with Crippen LogP contribution in [0.5, 0.6) is 0 Å². The molecular weight excluding hydrogens is 352 g/mol. The number of hydrogen-bond donors (Lipinski definition) is 0. The molecule has 0 radical (unpaired) electrons. The number of piperidine rings is 1. The van der Waals surface area contributed by atoms with Crippen LogP contribution in [-0.2, 0) is 11.3 Å². The highest BCUT2D eigenvalue weighted by molar-refractivity contribution is 5.78. The number of piperazine rings is 1. The van der Waals surface area contributed by atoms with Gasteiger partial charge in [0.05, 0.1) is 12.2 Å². The second kappa shape index (κ2) is 8.88. The monoisotopic (exact) mass is 382 g/mol. The number of rotatable bonds is 5. The number of benzene rings is 1. The molecule has 1 amide bonds. The molecule has 2 fully saturated rings. The average Bonchev–Trinajstić information content (AvgIpc) is 3.11. The van der Waals surface area contributed by atoms with Crippen molar-refractivity contribution in [2.24, 2.45) is 0 Å². The van der Waals surface area contributed by atoms with E-state index >= 15 is 0 Å². The maximum Gasteiger partial charge on any atom is 0.236 e. The summed E-state index contributed by atoms with van der Waals surface area (Å²) in [6.07, 6.45) is 3.57. The predicted molar refractivity (Wildman–Crippen MR) is 109 cm³/mol. The molecule has 3 heterocycles. The Labute approximate surface area is 167 Å². The molecule has 0 aliphatic carbocycles. The first-order valence-corrected chi connectivity index (χ1v) is 10.4. The Morgan fingerprint density at radius 1 is 0.964 bits per heavy atom. The maximum absolute atomic E-state index is 12.5. The van der Waals surface area contributed by atoms with Gasteiger partial charge in [-0.05, 0) is 38.3 Å². The topological polar surface area (TPSA) is 52.8 Å². The Balaban J connectivity index is 1.28. The van der Waals surface area contributed by atoms with Crippen molar-refractivity contribution in [3.05, 3.63) is 41.8 Å². The summed E-state index contributed by atoms with van der Waals surface area (Å²) in [6.45, 7) is 9.01. The van der Waals surface area contributed by atoms with Gasteiger partial charge in [-0.1, -0.05) is 18.2 Å². The van der Waals surface area contributed by atoms with E-state index < -0.39 is 0 Å². The summed E-state index contributed by atoms with van der Waals surface area (Å²) in [4.78, 5) is 23.9. The number of aromatic nitrogens is 1. The average molecular weight is 383 g/mol. The highest BCUT2D eigenvalue weighted by Crippen LogP contribution is 2.22. The molecule has 0 bridgehead atoms. The van der Waals surface area contributed by atoms with Gasteiger partial charge in [-0.25, -0.2) is 4.98 Å². The Kier molecular flexibility index (Phi) is 6.07. The van der Waals surface area contributed by atoms with Gasteiger partial charge in [0, 0.05) is 51.4 Å². The fourth-order valence-electron chi connectivity index (χ4n) is 4.03. The van der Waals surface area contributed by atoms with Crippen molar-refractivity contribution in [2.45, 2.75) is 32.7 Å². The number of carbonyl (C=O) groups excluding carboxylic acids is 1. The highest BCUT2D eigenvalue weighted by Gasteiger charge is 2.24. The number of carbonyl (C=O) groups is 1. The van der Waals surface area contributed by atoms with E-state index in [9.17, 15) is 4.79 Å². The Morgan fingerprint density at radius 3 is 2.36 bits per heavy atom. The Hall–Kier alpha value is -2.18. The van der Waals surface area contributed by atoms with Crippen LogP contribution in [0.25, 0.3) is 11.5 Å². The van der Waals surface area contributed by atoms with Crippen LogP contribution in [0, 0.1) is 6.92 Å². The molecule has 2 aliphatic rings. The van der Waals surface area contributed by atoms with E-state index in [0.29, 0.717) is 18.3 Å². The minimum atomic E-state index is 0.299. The zero-order chi connectivity index (χ0) is 19.3. The standard InChI is InChI=1S/C22H30N4O2/c1-18-20(23-22(28-18)19-8-4-2-5-9-19)16-24-12-14-25(15-13-24)17-21(27)26-10-6-3-7-11-26/h2,4-5,8-9H,3,6-7,10-17H2,1H3. The second-order valence-corrected chi connectivity index (χ2v) is 7.88. The first-order valence-electron chi connectivity index (χ1n) is 10.4. The molecule has 150 valence electrons. The van der Waals surface area contributed by atoms with Gasteiger partial charge in [0.25, 0.3) is 0 Å². The van der Waals surface area contributed by atoms with Crippen molar-refractivity contribution in [3.63, 3.8) is 0 Å². The normalized spacial score (nSPS) is 19.1. The van der Waals surface area contributed by atoms with Gasteiger partial charge in [0.15, 0.2) is 0 Å². The van der Waals surface area contributed by atoms with Crippen molar-refractivity contribution in [1.82, 2.24) is 19.7 Å². The molecule has 28 heavy (non-hydrogen) atoms. The zero-order valence-corrected chi connectivity index (χ0v) is 16.8. The van der Waals surface area contributed by atoms with E-state index in [-0.39, 0.29) is 0 Å². The largest absolute Gasteiger partial charge is 0.441 e. The summed E-state index contributed by atoms with van der Waals surface area (Å²) in [6, 6.07) is 10.0. The van der Waals surface area contributed by atoms with Gasteiger partial charge < -0.3 is 9.32 Å². The smallest absolute Gasteiger partial charge is 0.236 e. The second-order valence-electron chi connectivity index (χ2n) is 7.88. The summed E-state index contributed by atoms with van der Waals surface area (Å²) in [7, 11) is 0. The minimum absolute atomic E-state index is 0.299. The molecule has 1 aromatic heterocycles. The Morgan fingerprint density at radius 2 is 1.64 bits per heavy atom. The fraction of sp³-hybridized carbons (Fsp3) is 0.545. The number of likely N-dealkylation sites (tertiary alicyclic amines) is 1. The van der Waals surface area contributed by atoms with Gasteiger partial charge in [-0.15, -0.1) is 0 Å². The maximum atomic E-state index is 12.5. The predicted octanol–water partition coefficient (Wildman–Crippen LogP) is 2.78. The van der Waals surface area contributed by atoms with Crippen LogP contribution in [0.1, 0.15) is 30.7 Å². The molecule has 6 heteroatoms. The molecule has 2 saturated heterocycles. The third kappa shape index (κ3) is 4.62. The van der Waals surface area contributed by atoms with Gasteiger partial charge in [-0.2, -0.15) is 0 Å². The van der Waals surface area contributed by atoms with Crippen molar-refractivity contribution in [2.75, 3.05) is 45.8 Å².